The lowest BCUT2D eigenvalue weighted by Crippen LogP contribution is -2.41. The van der Waals surface area contributed by atoms with Gasteiger partial charge < -0.3 is 14.8 Å². The number of pyridine rings is 1. The van der Waals surface area contributed by atoms with E-state index in [-0.39, 0.29) is 16.4 Å². The van der Waals surface area contributed by atoms with Crippen molar-refractivity contribution in [3.05, 3.63) is 52.1 Å². The predicted molar refractivity (Wildman–Crippen MR) is 130 cm³/mol. The van der Waals surface area contributed by atoms with Crippen LogP contribution in [0.2, 0.25) is 10.0 Å². The van der Waals surface area contributed by atoms with E-state index in [1.165, 1.54) is 22.1 Å². The van der Waals surface area contributed by atoms with Gasteiger partial charge in [-0.3, -0.25) is 0 Å². The van der Waals surface area contributed by atoms with Crippen LogP contribution in [-0.2, 0) is 24.9 Å². The lowest BCUT2D eigenvalue weighted by molar-refractivity contribution is -0.00502. The lowest BCUT2D eigenvalue weighted by atomic mass is 9.96. The number of hydrogen-bond acceptors (Lipinski definition) is 6. The summed E-state index contributed by atoms with van der Waals surface area (Å²) in [5, 5.41) is 4.31. The minimum absolute atomic E-state index is 0.0377. The third kappa shape index (κ3) is 5.81. The maximum absolute atomic E-state index is 13.1. The predicted octanol–water partition coefficient (Wildman–Crippen LogP) is 4.35. The molecule has 0 radical (unpaired) electrons. The van der Waals surface area contributed by atoms with E-state index in [9.17, 15) is 8.42 Å². The molecule has 1 aromatic heterocycles. The lowest BCUT2D eigenvalue weighted by Gasteiger charge is -2.31. The van der Waals surface area contributed by atoms with Crippen molar-refractivity contribution in [1.29, 1.82) is 0 Å². The first kappa shape index (κ1) is 24.7. The summed E-state index contributed by atoms with van der Waals surface area (Å²) in [6, 6.07) is 9.38. The van der Waals surface area contributed by atoms with Crippen LogP contribution < -0.4 is 5.32 Å². The van der Waals surface area contributed by atoms with Crippen LogP contribution in [0, 0.1) is 0 Å². The summed E-state index contributed by atoms with van der Waals surface area (Å²) in [6.07, 6.45) is 4.86. The molecule has 1 saturated heterocycles. The van der Waals surface area contributed by atoms with Crippen molar-refractivity contribution < 1.29 is 17.9 Å². The van der Waals surface area contributed by atoms with Crippen LogP contribution >= 0.6 is 23.2 Å². The molecule has 0 bridgehead atoms. The van der Waals surface area contributed by atoms with Gasteiger partial charge >= 0.3 is 0 Å². The quantitative estimate of drug-likeness (QED) is 0.475. The van der Waals surface area contributed by atoms with E-state index in [1.54, 1.807) is 7.11 Å². The van der Waals surface area contributed by atoms with Crippen LogP contribution in [0.4, 0.5) is 5.82 Å². The normalized spacial score (nSPS) is 18.9. The summed E-state index contributed by atoms with van der Waals surface area (Å²) in [4.78, 5) is 4.44. The van der Waals surface area contributed by atoms with Crippen LogP contribution in [0.1, 0.15) is 31.2 Å². The molecule has 0 spiro atoms. The zero-order valence-corrected chi connectivity index (χ0v) is 20.9. The zero-order valence-electron chi connectivity index (χ0n) is 18.6. The number of ether oxygens (including phenoxy) is 2. The van der Waals surface area contributed by atoms with Crippen LogP contribution in [0.5, 0.6) is 0 Å². The highest BCUT2D eigenvalue weighted by Gasteiger charge is 2.44. The highest BCUT2D eigenvalue weighted by atomic mass is 35.5. The van der Waals surface area contributed by atoms with Crippen molar-refractivity contribution in [3.8, 4) is 0 Å². The monoisotopic (exact) mass is 513 g/mol. The van der Waals surface area contributed by atoms with Gasteiger partial charge in [-0.15, -0.1) is 0 Å². The Morgan fingerprint density at radius 2 is 1.85 bits per heavy atom. The maximum atomic E-state index is 13.1. The molecule has 1 N–H and O–H groups in total. The Balaban J connectivity index is 1.36. The molecule has 33 heavy (non-hydrogen) atoms. The molecule has 180 valence electrons. The van der Waals surface area contributed by atoms with Crippen molar-refractivity contribution in [2.75, 3.05) is 45.3 Å². The van der Waals surface area contributed by atoms with Gasteiger partial charge in [0.25, 0.3) is 0 Å². The second-order valence-corrected chi connectivity index (χ2v) is 11.4. The molecule has 2 fully saturated rings. The average molecular weight is 514 g/mol. The van der Waals surface area contributed by atoms with Gasteiger partial charge in [-0.1, -0.05) is 35.3 Å². The number of halogens is 2. The van der Waals surface area contributed by atoms with Gasteiger partial charge in [-0.05, 0) is 49.4 Å². The topological polar surface area (TPSA) is 80.8 Å². The number of anilines is 1. The summed E-state index contributed by atoms with van der Waals surface area (Å²) >= 11 is 12.4. The number of aromatic nitrogens is 1. The number of benzene rings is 1. The van der Waals surface area contributed by atoms with E-state index in [4.69, 9.17) is 32.7 Å². The molecule has 1 aliphatic heterocycles. The molecule has 7 nitrogen and oxygen atoms in total. The van der Waals surface area contributed by atoms with Gasteiger partial charge in [0, 0.05) is 43.4 Å². The van der Waals surface area contributed by atoms with Crippen molar-refractivity contribution in [1.82, 2.24) is 9.29 Å². The SMILES string of the molecule is COCCOC1CCN(S(=O)(=O)c2cnc(NCC3(c4ccc(Cl)cc4)CC3)c(Cl)c2)CC1. The Kier molecular flexibility index (Phi) is 7.83. The smallest absolute Gasteiger partial charge is 0.244 e. The fraction of sp³-hybridized carbons (Fsp3) is 0.522. The minimum atomic E-state index is -3.66. The van der Waals surface area contributed by atoms with E-state index < -0.39 is 10.0 Å². The molecule has 2 heterocycles. The van der Waals surface area contributed by atoms with Crippen molar-refractivity contribution in [2.45, 2.75) is 42.1 Å². The molecule has 0 atom stereocenters. The first-order chi connectivity index (χ1) is 15.8. The van der Waals surface area contributed by atoms with E-state index in [0.717, 1.165) is 12.8 Å². The Morgan fingerprint density at radius 3 is 2.45 bits per heavy atom. The summed E-state index contributed by atoms with van der Waals surface area (Å²) in [5.74, 6) is 0.487. The van der Waals surface area contributed by atoms with Crippen LogP contribution in [0.3, 0.4) is 0 Å². The van der Waals surface area contributed by atoms with Crippen molar-refractivity contribution >= 4 is 39.0 Å². The van der Waals surface area contributed by atoms with Crippen LogP contribution in [0.15, 0.2) is 41.4 Å². The van der Waals surface area contributed by atoms with Gasteiger partial charge in [0.2, 0.25) is 10.0 Å². The number of nitrogens with one attached hydrogen (secondary N) is 1. The molecule has 0 amide bonds. The standard InChI is InChI=1S/C23H29Cl2N3O4S/c1-31-12-13-32-19-6-10-28(11-7-19)33(29,30)20-14-21(25)22(26-15-20)27-16-23(8-9-23)17-2-4-18(24)5-3-17/h2-5,14-15,19H,6-13,16H2,1H3,(H,26,27). The number of piperidine rings is 1. The highest BCUT2D eigenvalue weighted by molar-refractivity contribution is 7.89. The summed E-state index contributed by atoms with van der Waals surface area (Å²) in [7, 11) is -2.03. The molecule has 0 unspecified atom stereocenters. The summed E-state index contributed by atoms with van der Waals surface area (Å²) in [5.41, 5.74) is 1.26. The molecule has 1 aromatic carbocycles. The number of hydrogen-bond donors (Lipinski definition) is 1. The molecular formula is C23H29Cl2N3O4S. The zero-order chi connectivity index (χ0) is 23.5. The largest absolute Gasteiger partial charge is 0.382 e. The maximum Gasteiger partial charge on any atom is 0.244 e. The molecule has 10 heteroatoms. The summed E-state index contributed by atoms with van der Waals surface area (Å²) < 4.78 is 38.4. The molecule has 2 aromatic rings. The fourth-order valence-corrected chi connectivity index (χ4v) is 6.02. The molecule has 2 aliphatic rings. The first-order valence-corrected chi connectivity index (χ1v) is 13.3. The van der Waals surface area contributed by atoms with E-state index in [1.807, 2.05) is 24.3 Å². The highest BCUT2D eigenvalue weighted by Crippen LogP contribution is 2.48. The van der Waals surface area contributed by atoms with Gasteiger partial charge in [0.05, 0.1) is 24.3 Å². The third-order valence-corrected chi connectivity index (χ3v) is 8.80. The van der Waals surface area contributed by atoms with Gasteiger partial charge in [-0.25, -0.2) is 13.4 Å². The molecular weight excluding hydrogens is 485 g/mol. The Hall–Kier alpha value is -1.42. The third-order valence-electron chi connectivity index (χ3n) is 6.40. The van der Waals surface area contributed by atoms with Crippen molar-refractivity contribution in [2.24, 2.45) is 0 Å². The van der Waals surface area contributed by atoms with E-state index >= 15 is 0 Å². The molecule has 1 saturated carbocycles. The number of methoxy groups -OCH3 is 1. The van der Waals surface area contributed by atoms with Crippen LogP contribution in [-0.4, -0.2) is 63.8 Å². The van der Waals surface area contributed by atoms with Crippen LogP contribution in [0.25, 0.3) is 0 Å². The molecule has 1 aliphatic carbocycles. The molecule has 4 rings (SSSR count). The van der Waals surface area contributed by atoms with E-state index in [2.05, 4.69) is 10.3 Å². The second-order valence-electron chi connectivity index (χ2n) is 8.61. The number of nitrogens with zero attached hydrogens (tertiary/aromatic N) is 2. The Morgan fingerprint density at radius 1 is 1.15 bits per heavy atom. The minimum Gasteiger partial charge on any atom is -0.382 e. The Bertz CT molecular complexity index is 1050. The number of rotatable bonds is 10. The second kappa shape index (κ2) is 10.5. The van der Waals surface area contributed by atoms with Gasteiger partial charge in [-0.2, -0.15) is 4.31 Å². The Labute approximate surface area is 205 Å². The fourth-order valence-electron chi connectivity index (χ4n) is 4.15. The van der Waals surface area contributed by atoms with Gasteiger partial charge in [0.15, 0.2) is 0 Å². The van der Waals surface area contributed by atoms with Crippen molar-refractivity contribution in [3.63, 3.8) is 0 Å². The average Bonchev–Trinajstić information content (AvgIpc) is 3.60. The van der Waals surface area contributed by atoms with E-state index in [0.29, 0.717) is 61.6 Å². The van der Waals surface area contributed by atoms with Gasteiger partial charge in [0.1, 0.15) is 10.7 Å². The summed E-state index contributed by atoms with van der Waals surface area (Å²) in [6.45, 7) is 2.53. The number of sulfonamides is 1. The first-order valence-electron chi connectivity index (χ1n) is 11.1.